The zero-order chi connectivity index (χ0) is 105. The number of hydrogen-bond acceptors (Lipinski definition) is 34. The maximum absolute atomic E-state index is 12.7. The highest BCUT2D eigenvalue weighted by Crippen LogP contribution is 2.68. The van der Waals surface area contributed by atoms with Gasteiger partial charge in [0.05, 0.1) is 82.1 Å². The number of nitrogen functional groups attached to an aromatic ring is 2. The van der Waals surface area contributed by atoms with E-state index < -0.39 is 146 Å². The summed E-state index contributed by atoms with van der Waals surface area (Å²) >= 11 is 0. The average Bonchev–Trinajstić information content (AvgIpc) is 1.59. The summed E-state index contributed by atoms with van der Waals surface area (Å²) in [6.45, 7) is 24.5. The van der Waals surface area contributed by atoms with Crippen LogP contribution in [0.15, 0.2) is 136 Å². The molecule has 0 amide bonds. The number of nitrogens with two attached hydrogens (primary N) is 2. The van der Waals surface area contributed by atoms with Gasteiger partial charge in [0, 0.05) is 133 Å². The first-order valence-corrected chi connectivity index (χ1v) is 53.9. The molecular weight excluding hydrogens is 1980 g/mol. The lowest BCUT2D eigenvalue weighted by Gasteiger charge is -2.25. The summed E-state index contributed by atoms with van der Waals surface area (Å²) < 4.78 is 155. The number of aromatic nitrogens is 4. The van der Waals surface area contributed by atoms with Gasteiger partial charge in [-0.05, 0) is 114 Å². The number of carbonyl (C=O) groups excluding carboxylic acids is 2. The number of nitro benzene ring substituents is 2. The monoisotopic (exact) mass is 2100 g/mol. The van der Waals surface area contributed by atoms with E-state index >= 15 is 0 Å². The lowest BCUT2D eigenvalue weighted by molar-refractivity contribution is -0.438. The fourth-order valence-corrected chi connectivity index (χ4v) is 22.0. The molecule has 6 heterocycles. The third kappa shape index (κ3) is 32.9. The van der Waals surface area contributed by atoms with Crippen LogP contribution in [0.1, 0.15) is 222 Å². The Hall–Kier alpha value is -9.32. The van der Waals surface area contributed by atoms with Crippen molar-refractivity contribution in [2.75, 3.05) is 42.7 Å². The maximum Gasteiger partial charge on any atom is 0.490 e. The average molecular weight is 2100 g/mol. The molecule has 2 saturated heterocycles. The standard InChI is InChI=1S/C34H44N2O3S.2C26H35N4O17P3/c1-8-10-11-15-22-36-30-21-19-26(40(37,38)39)24-28(30)34(6,7)32(36)17-14-12-13-16-31-33(4,5)27-23-25(3)18-20-29(27)35(31)9-2;2*1-15(2)24(19-9-8-17(10-20(19)30(34)35)7-5-4-6-16(3)31)43-13-18-12-29(26(33)28-25(18)27)23-11-21(32)22(45-23)14-44-49(39,40)47-50(41,42)46-48(36,37)38/h12-14,16-21,23-24H,8-11,15,22H2,1-7H3;2*8-10,12,15,21-24,32H,4,6,11,13-14H2,1-3H3,(H,39,40)(H,41,42)(H2,27,28,33)(H2,36,37,38)/t;2*21?,22-,23-,24-/m.11/s1. The number of rotatable bonds is 42. The van der Waals surface area contributed by atoms with E-state index in [1.54, 1.807) is 52.0 Å². The van der Waals surface area contributed by atoms with Gasteiger partial charge >= 0.3 is 58.3 Å². The predicted molar refractivity (Wildman–Crippen MR) is 504 cm³/mol. The van der Waals surface area contributed by atoms with Crippen molar-refractivity contribution < 1.29 is 159 Å². The number of nitrogens with zero attached hydrogens (tertiary/aromatic N) is 8. The van der Waals surface area contributed by atoms with E-state index in [1.807, 2.05) is 0 Å². The first-order valence-electron chi connectivity index (χ1n) is 43.4. The molecule has 4 aromatic carbocycles. The van der Waals surface area contributed by atoms with Crippen molar-refractivity contribution in [3.8, 4) is 23.7 Å². The molecule has 2 aromatic heterocycles. The molecule has 14 N–H and O–H groups in total. The Labute approximate surface area is 805 Å². The van der Waals surface area contributed by atoms with Gasteiger partial charge in [0.1, 0.15) is 64.5 Å². The van der Waals surface area contributed by atoms with Crippen LogP contribution in [0.4, 0.5) is 34.4 Å². The van der Waals surface area contributed by atoms with E-state index in [9.17, 15) is 110 Å². The third-order valence-electron chi connectivity index (χ3n) is 22.1. The van der Waals surface area contributed by atoms with Crippen molar-refractivity contribution in [2.45, 2.75) is 232 Å². The highest BCUT2D eigenvalue weighted by atomic mass is 32.2. The Morgan fingerprint density at radius 3 is 1.49 bits per heavy atom. The maximum atomic E-state index is 12.7. The molecule has 0 spiro atoms. The minimum atomic E-state index is -5.78. The number of unbranched alkanes of at least 4 members (excludes halogenated alkanes) is 3. The number of aliphatic hydroxyl groups is 2. The zero-order valence-corrected chi connectivity index (χ0v) is 84.6. The largest absolute Gasteiger partial charge is 0.744 e. The zero-order valence-electron chi connectivity index (χ0n) is 78.4. The van der Waals surface area contributed by atoms with Crippen molar-refractivity contribution in [3.63, 3.8) is 0 Å². The number of phosphoric acid groups is 6. The van der Waals surface area contributed by atoms with Gasteiger partial charge in [-0.25, -0.2) is 45.4 Å². The van der Waals surface area contributed by atoms with E-state index in [0.29, 0.717) is 24.0 Å². The second-order valence-electron chi connectivity index (χ2n) is 34.4. The number of ketones is 2. The number of anilines is 3. The van der Waals surface area contributed by atoms with Gasteiger partial charge in [-0.2, -0.15) is 31.8 Å². The van der Waals surface area contributed by atoms with E-state index in [2.05, 4.69) is 166 Å². The number of ether oxygens (including phenoxy) is 4. The van der Waals surface area contributed by atoms with E-state index in [-0.39, 0.29) is 118 Å². The molecule has 0 bridgehead atoms. The summed E-state index contributed by atoms with van der Waals surface area (Å²) in [7, 11) is -38.3. The number of allylic oxidation sites excluding steroid dienone is 6. The minimum absolute atomic E-state index is 0.0333. The Morgan fingerprint density at radius 1 is 0.621 bits per heavy atom. The van der Waals surface area contributed by atoms with Crippen LogP contribution in [-0.2, 0) is 116 Å². The molecule has 0 saturated carbocycles. The lowest BCUT2D eigenvalue weighted by atomic mass is 9.81. The Balaban J connectivity index is 0.000000259. The highest BCUT2D eigenvalue weighted by Gasteiger charge is 2.48. The van der Waals surface area contributed by atoms with Crippen LogP contribution in [0.25, 0.3) is 0 Å². The van der Waals surface area contributed by atoms with E-state index in [4.69, 9.17) is 50.0 Å². The van der Waals surface area contributed by atoms with Crippen LogP contribution in [0, 0.1) is 62.7 Å². The van der Waals surface area contributed by atoms with E-state index in [0.717, 1.165) is 52.0 Å². The summed E-state index contributed by atoms with van der Waals surface area (Å²) in [5, 5.41) is 44.9. The Morgan fingerprint density at radius 2 is 1.08 bits per heavy atom. The van der Waals surface area contributed by atoms with Gasteiger partial charge in [-0.3, -0.25) is 48.0 Å². The van der Waals surface area contributed by atoms with Gasteiger partial charge in [0.15, 0.2) is 5.71 Å². The molecule has 54 heteroatoms. The molecule has 2 fully saturated rings. The molecular formula is C86H114N10O37P6S. The molecule has 4 aliphatic heterocycles. The molecule has 140 heavy (non-hydrogen) atoms. The van der Waals surface area contributed by atoms with Crippen LogP contribution in [0.3, 0.4) is 0 Å². The second kappa shape index (κ2) is 48.8. The fourth-order valence-electron chi connectivity index (χ4n) is 15.4. The second-order valence-corrected chi connectivity index (χ2v) is 44.6. The number of carbonyl (C=O) groups is 2. The van der Waals surface area contributed by atoms with Crippen LogP contribution >= 0.6 is 46.9 Å². The number of Topliss-reactive ketones (excluding diaryl/α,β-unsaturated/α-hetero) is 2. The van der Waals surface area contributed by atoms with Crippen LogP contribution < -0.4 is 27.7 Å². The molecule has 6 unspecified atom stereocenters. The van der Waals surface area contributed by atoms with Gasteiger partial charge in [0.25, 0.3) is 11.4 Å². The number of benzene rings is 4. The smallest absolute Gasteiger partial charge is 0.490 e. The van der Waals surface area contributed by atoms with Gasteiger partial charge in [0.2, 0.25) is 5.69 Å². The number of hydrogen-bond donors (Lipinski definition) is 12. The number of likely N-dealkylation sites (N-methyl/N-ethyl adjacent to an activating group) is 1. The van der Waals surface area contributed by atoms with Gasteiger partial charge in [-0.15, -0.1) is 0 Å². The SMILES string of the molecule is CC(=O)CCC#Cc1ccc([C@H](OCc2cn([C@H]3CC(O)[C@@H](COP(=O)(O)OP(=O)(O)OP(=O)(O)O)O3)c(=O)nc2N)C(C)C)c([N+](=O)[O-])c1.CC(=O)CCC#Cc1ccc([C@H](OCc2cn([C@H]3CC(O)[C@@H](COP(=O)(O)OP(=O)(O)OP(=O)(O)O)O3)c(=O)nc2N)C(C)C)c([N+](=O)[O-])c1.CCCCCC[N+]1=C(C=CC=CC=C2N(CC)c3ccc(C)cc3C2(C)C)C(C)(C)c2cc(S(=O)(=O)[O-])ccc21. The van der Waals surface area contributed by atoms with Crippen LogP contribution in [0.2, 0.25) is 0 Å². The summed E-state index contributed by atoms with van der Waals surface area (Å²) in [6.07, 6.45) is 8.19. The normalized spacial score (nSPS) is 20.2. The lowest BCUT2D eigenvalue weighted by Crippen LogP contribution is -2.29. The molecule has 0 radical (unpaired) electrons. The number of phosphoric ester groups is 2. The Kier molecular flexibility index (Phi) is 40.4. The van der Waals surface area contributed by atoms with Crippen LogP contribution in [0.5, 0.6) is 0 Å². The first kappa shape index (κ1) is 116. The number of fused-ring (bicyclic) bond motifs is 2. The summed E-state index contributed by atoms with van der Waals surface area (Å²) in [4.78, 5) is 153. The van der Waals surface area contributed by atoms with Crippen molar-refractivity contribution in [2.24, 2.45) is 11.8 Å². The van der Waals surface area contributed by atoms with Gasteiger partial charge < -0.3 is 89.2 Å². The van der Waals surface area contributed by atoms with E-state index in [1.165, 1.54) is 91.9 Å². The van der Waals surface area contributed by atoms with Crippen molar-refractivity contribution in [3.05, 3.63) is 213 Å². The molecule has 6 aromatic rings. The van der Waals surface area contributed by atoms with Crippen molar-refractivity contribution in [1.82, 2.24) is 19.1 Å². The minimum Gasteiger partial charge on any atom is -0.744 e. The molecule has 766 valence electrons. The molecule has 12 atom stereocenters. The molecule has 0 aliphatic carbocycles. The summed E-state index contributed by atoms with van der Waals surface area (Å²) in [5.74, 6) is 10.1. The first-order chi connectivity index (χ1) is 65.0. The number of aryl methyl sites for hydroxylation is 1. The number of nitro groups is 2. The summed E-state index contributed by atoms with van der Waals surface area (Å²) in [5.41, 5.74) is 18.8. The fraction of sp³-hybridized carbons (Fsp3) is 0.477. The van der Waals surface area contributed by atoms with Gasteiger partial charge in [-0.1, -0.05) is 121 Å². The van der Waals surface area contributed by atoms with Crippen LogP contribution in [-0.4, -0.2) is 164 Å². The van der Waals surface area contributed by atoms with Crippen molar-refractivity contribution >= 4 is 109 Å². The molecule has 4 aliphatic rings. The quantitative estimate of drug-likeness (QED) is 0.00247. The molecule has 10 rings (SSSR count). The topological polar surface area (TPSA) is 703 Å². The highest BCUT2D eigenvalue weighted by molar-refractivity contribution is 7.85. The van der Waals surface area contributed by atoms with Crippen molar-refractivity contribution in [1.29, 1.82) is 0 Å². The molecule has 47 nitrogen and oxygen atoms in total. The Bertz CT molecular complexity index is 6160. The number of aliphatic hydroxyl groups excluding tert-OH is 2. The summed E-state index contributed by atoms with van der Waals surface area (Å²) in [6, 6.07) is 20.3. The third-order valence-corrected chi connectivity index (χ3v) is 30.5. The predicted octanol–water partition coefficient (Wildman–Crippen LogP) is 12.4.